The second kappa shape index (κ2) is 5.38. The molecule has 0 fully saturated rings. The second-order valence-corrected chi connectivity index (χ2v) is 5.52. The van der Waals surface area contributed by atoms with Crippen molar-refractivity contribution >= 4 is 29.0 Å². The maximum atomic E-state index is 12.8. The fourth-order valence-corrected chi connectivity index (χ4v) is 2.63. The van der Waals surface area contributed by atoms with Gasteiger partial charge in [0, 0.05) is 5.02 Å². The normalized spacial score (nSPS) is 14.3. The number of carbonyl (C=O) groups is 2. The molecule has 1 aliphatic heterocycles. The van der Waals surface area contributed by atoms with Crippen molar-refractivity contribution in [3.05, 3.63) is 64.2 Å². The van der Waals surface area contributed by atoms with E-state index in [1.807, 2.05) is 0 Å². The van der Waals surface area contributed by atoms with Gasteiger partial charge in [-0.1, -0.05) is 23.7 Å². The summed E-state index contributed by atoms with van der Waals surface area (Å²) < 4.78 is 38.3. The van der Waals surface area contributed by atoms with Gasteiger partial charge in [-0.05, 0) is 35.9 Å². The van der Waals surface area contributed by atoms with Gasteiger partial charge in [0.1, 0.15) is 0 Å². The Morgan fingerprint density at radius 1 is 1.04 bits per heavy atom. The Labute approximate surface area is 134 Å². The van der Waals surface area contributed by atoms with Crippen LogP contribution < -0.4 is 4.90 Å². The summed E-state index contributed by atoms with van der Waals surface area (Å²) in [6.07, 6.45) is -4.47. The lowest BCUT2D eigenvalue weighted by molar-refractivity contribution is -0.137. The van der Waals surface area contributed by atoms with Crippen molar-refractivity contribution in [2.24, 2.45) is 0 Å². The largest absolute Gasteiger partial charge is 0.416 e. The number of halogens is 4. The summed E-state index contributed by atoms with van der Waals surface area (Å²) in [7, 11) is 0. The van der Waals surface area contributed by atoms with Crippen molar-refractivity contribution < 1.29 is 22.8 Å². The molecule has 0 saturated carbocycles. The number of fused-ring (bicyclic) bond motifs is 1. The van der Waals surface area contributed by atoms with Crippen molar-refractivity contribution in [1.82, 2.24) is 0 Å². The number of Topliss-reactive ketones (excluding diaryl/α,β-unsaturated/α-hetero) is 1. The summed E-state index contributed by atoms with van der Waals surface area (Å²) in [6, 6.07) is 9.06. The molecule has 0 N–H and O–H groups in total. The van der Waals surface area contributed by atoms with Gasteiger partial charge in [-0.15, -0.1) is 0 Å². The summed E-state index contributed by atoms with van der Waals surface area (Å²) in [5.41, 5.74) is -0.00985. The lowest BCUT2D eigenvalue weighted by Gasteiger charge is -2.17. The van der Waals surface area contributed by atoms with Crippen LogP contribution in [0, 0.1) is 0 Å². The predicted octanol–water partition coefficient (Wildman–Crippen LogP) is 4.09. The third kappa shape index (κ3) is 2.82. The number of nitrogens with zero attached hydrogens (tertiary/aromatic N) is 1. The van der Waals surface area contributed by atoms with Gasteiger partial charge in [0.2, 0.25) is 0 Å². The van der Waals surface area contributed by atoms with E-state index in [9.17, 15) is 22.8 Å². The molecule has 0 aliphatic carbocycles. The molecule has 2 aromatic rings. The minimum Gasteiger partial charge on any atom is -0.300 e. The minimum atomic E-state index is -4.47. The van der Waals surface area contributed by atoms with Crippen LogP contribution in [-0.4, -0.2) is 11.7 Å². The van der Waals surface area contributed by atoms with Gasteiger partial charge in [0.15, 0.2) is 0 Å². The maximum absolute atomic E-state index is 12.8. The first-order valence-electron chi connectivity index (χ1n) is 6.59. The van der Waals surface area contributed by atoms with E-state index in [0.717, 1.165) is 17.0 Å². The van der Waals surface area contributed by atoms with Crippen LogP contribution in [0.15, 0.2) is 42.5 Å². The van der Waals surface area contributed by atoms with Gasteiger partial charge in [-0.25, -0.2) is 0 Å². The van der Waals surface area contributed by atoms with E-state index in [1.165, 1.54) is 30.3 Å². The molecule has 0 saturated heterocycles. The zero-order valence-corrected chi connectivity index (χ0v) is 12.3. The summed E-state index contributed by atoms with van der Waals surface area (Å²) in [5.74, 6) is -1.49. The summed E-state index contributed by atoms with van der Waals surface area (Å²) in [5, 5.41) is 0.311. The van der Waals surface area contributed by atoms with E-state index >= 15 is 0 Å². The summed E-state index contributed by atoms with van der Waals surface area (Å²) in [4.78, 5) is 25.2. The zero-order valence-electron chi connectivity index (χ0n) is 11.5. The molecule has 3 nitrogen and oxygen atoms in total. The number of rotatable bonds is 2. The number of anilines is 1. The van der Waals surface area contributed by atoms with Gasteiger partial charge in [-0.3, -0.25) is 9.59 Å². The number of alkyl halides is 3. The van der Waals surface area contributed by atoms with E-state index < -0.39 is 23.4 Å². The molecule has 2 aromatic carbocycles. The SMILES string of the molecule is O=C1C(=O)N(Cc2cccc(C(F)(F)F)c2)c2ccc(Cl)cc21. The highest BCUT2D eigenvalue weighted by atomic mass is 35.5. The maximum Gasteiger partial charge on any atom is 0.416 e. The third-order valence-electron chi connectivity index (χ3n) is 3.53. The van der Waals surface area contributed by atoms with Crippen molar-refractivity contribution in [2.75, 3.05) is 4.90 Å². The predicted molar refractivity (Wildman–Crippen MR) is 78.4 cm³/mol. The molecule has 0 atom stereocenters. The number of hydrogen-bond donors (Lipinski definition) is 0. The number of carbonyl (C=O) groups excluding carboxylic acids is 2. The molecular formula is C16H9ClF3NO2. The van der Waals surface area contributed by atoms with Crippen LogP contribution in [0.1, 0.15) is 21.5 Å². The molecule has 23 heavy (non-hydrogen) atoms. The quantitative estimate of drug-likeness (QED) is 0.773. The number of benzene rings is 2. The highest BCUT2D eigenvalue weighted by molar-refractivity contribution is 6.52. The number of ketones is 1. The first kappa shape index (κ1) is 15.6. The molecule has 0 bridgehead atoms. The van der Waals surface area contributed by atoms with E-state index in [0.29, 0.717) is 10.7 Å². The van der Waals surface area contributed by atoms with Crippen molar-refractivity contribution in [3.8, 4) is 0 Å². The first-order chi connectivity index (χ1) is 10.8. The molecule has 0 radical (unpaired) electrons. The molecule has 0 spiro atoms. The molecule has 7 heteroatoms. The number of hydrogen-bond acceptors (Lipinski definition) is 2. The van der Waals surface area contributed by atoms with Crippen LogP contribution in [0.3, 0.4) is 0 Å². The Morgan fingerprint density at radius 3 is 2.48 bits per heavy atom. The third-order valence-corrected chi connectivity index (χ3v) is 3.76. The van der Waals surface area contributed by atoms with Crippen LogP contribution in [-0.2, 0) is 17.5 Å². The van der Waals surface area contributed by atoms with Gasteiger partial charge in [-0.2, -0.15) is 13.2 Å². The van der Waals surface area contributed by atoms with Crippen LogP contribution in [0.25, 0.3) is 0 Å². The summed E-state index contributed by atoms with van der Waals surface area (Å²) in [6.45, 7) is -0.122. The molecule has 3 rings (SSSR count). The monoisotopic (exact) mass is 339 g/mol. The van der Waals surface area contributed by atoms with Gasteiger partial charge in [0.05, 0.1) is 23.4 Å². The fraction of sp³-hybridized carbons (Fsp3) is 0.125. The van der Waals surface area contributed by atoms with Crippen molar-refractivity contribution in [2.45, 2.75) is 12.7 Å². The van der Waals surface area contributed by atoms with Gasteiger partial charge in [0.25, 0.3) is 11.7 Å². The second-order valence-electron chi connectivity index (χ2n) is 5.08. The van der Waals surface area contributed by atoms with E-state index in [1.54, 1.807) is 0 Å². The van der Waals surface area contributed by atoms with Crippen molar-refractivity contribution in [3.63, 3.8) is 0 Å². The Balaban J connectivity index is 1.96. The van der Waals surface area contributed by atoms with Gasteiger partial charge >= 0.3 is 6.18 Å². The molecule has 1 amide bonds. The van der Waals surface area contributed by atoms with Crippen LogP contribution in [0.4, 0.5) is 18.9 Å². The minimum absolute atomic E-state index is 0.122. The molecule has 1 aliphatic rings. The molecule has 0 aromatic heterocycles. The summed E-state index contributed by atoms with van der Waals surface area (Å²) >= 11 is 5.81. The Kier molecular flexibility index (Phi) is 3.64. The van der Waals surface area contributed by atoms with E-state index in [4.69, 9.17) is 11.6 Å². The average Bonchev–Trinajstić information content (AvgIpc) is 2.72. The Hall–Kier alpha value is -2.34. The smallest absolute Gasteiger partial charge is 0.300 e. The van der Waals surface area contributed by atoms with Crippen LogP contribution in [0.5, 0.6) is 0 Å². The van der Waals surface area contributed by atoms with E-state index in [-0.39, 0.29) is 17.7 Å². The Bertz CT molecular complexity index is 817. The first-order valence-corrected chi connectivity index (χ1v) is 6.97. The standard InChI is InChI=1S/C16H9ClF3NO2/c17-11-4-5-13-12(7-11)14(22)15(23)21(13)8-9-2-1-3-10(6-9)16(18,19)20/h1-7H,8H2. The highest BCUT2D eigenvalue weighted by Gasteiger charge is 2.36. The van der Waals surface area contributed by atoms with Crippen LogP contribution in [0.2, 0.25) is 5.02 Å². The lowest BCUT2D eigenvalue weighted by atomic mass is 10.1. The molecule has 118 valence electrons. The lowest BCUT2D eigenvalue weighted by Crippen LogP contribution is -2.29. The molecule has 0 unspecified atom stereocenters. The average molecular weight is 340 g/mol. The fourth-order valence-electron chi connectivity index (χ4n) is 2.46. The highest BCUT2D eigenvalue weighted by Crippen LogP contribution is 2.34. The topological polar surface area (TPSA) is 37.4 Å². The van der Waals surface area contributed by atoms with Crippen molar-refractivity contribution in [1.29, 1.82) is 0 Å². The Morgan fingerprint density at radius 2 is 1.78 bits per heavy atom. The van der Waals surface area contributed by atoms with Crippen LogP contribution >= 0.6 is 11.6 Å². The van der Waals surface area contributed by atoms with Gasteiger partial charge < -0.3 is 4.90 Å². The molecular weight excluding hydrogens is 331 g/mol. The zero-order chi connectivity index (χ0) is 16.8. The van der Waals surface area contributed by atoms with E-state index in [2.05, 4.69) is 0 Å². The molecule has 1 heterocycles. The number of amides is 1.